The maximum absolute atomic E-state index is 14.0. The zero-order chi connectivity index (χ0) is 13.9. The lowest BCUT2D eigenvalue weighted by atomic mass is 9.85. The van der Waals surface area contributed by atoms with Crippen LogP contribution in [0.3, 0.4) is 0 Å². The van der Waals surface area contributed by atoms with Crippen molar-refractivity contribution in [2.24, 2.45) is 0 Å². The van der Waals surface area contributed by atoms with Crippen molar-refractivity contribution >= 4 is 15.9 Å². The van der Waals surface area contributed by atoms with Gasteiger partial charge in [0.05, 0.1) is 5.60 Å². The summed E-state index contributed by atoms with van der Waals surface area (Å²) in [5, 5.41) is 10.8. The number of hydrogen-bond acceptors (Lipinski definition) is 1. The molecule has 0 aromatic heterocycles. The molecule has 19 heavy (non-hydrogen) atoms. The Morgan fingerprint density at radius 1 is 1.16 bits per heavy atom. The van der Waals surface area contributed by atoms with Gasteiger partial charge in [-0.3, -0.25) is 0 Å². The summed E-state index contributed by atoms with van der Waals surface area (Å²) in [5.41, 5.74) is 0.148. The molecular formula is C16H16BrFO. The maximum atomic E-state index is 14.0. The highest BCUT2D eigenvalue weighted by molar-refractivity contribution is 9.10. The summed E-state index contributed by atoms with van der Waals surface area (Å²) in [6.45, 7) is 1.86. The lowest BCUT2D eigenvalue weighted by Gasteiger charge is -2.28. The molecule has 2 aromatic carbocycles. The Hall–Kier alpha value is -1.19. The molecule has 1 atom stereocenters. The van der Waals surface area contributed by atoms with Crippen LogP contribution in [0.5, 0.6) is 0 Å². The summed E-state index contributed by atoms with van der Waals surface area (Å²) in [5.74, 6) is -0.372. The van der Waals surface area contributed by atoms with E-state index in [-0.39, 0.29) is 5.82 Å². The van der Waals surface area contributed by atoms with Crippen molar-refractivity contribution in [3.8, 4) is 0 Å². The van der Waals surface area contributed by atoms with Crippen LogP contribution in [-0.2, 0) is 12.0 Å². The minimum Gasteiger partial charge on any atom is -0.385 e. The number of rotatable bonds is 4. The van der Waals surface area contributed by atoms with Crippen molar-refractivity contribution in [3.63, 3.8) is 0 Å². The van der Waals surface area contributed by atoms with Crippen LogP contribution < -0.4 is 0 Å². The van der Waals surface area contributed by atoms with E-state index in [1.807, 2.05) is 37.3 Å². The molecule has 1 N–H and O–H groups in total. The molecule has 0 heterocycles. The van der Waals surface area contributed by atoms with Crippen molar-refractivity contribution in [3.05, 3.63) is 69.9 Å². The van der Waals surface area contributed by atoms with Gasteiger partial charge in [-0.2, -0.15) is 0 Å². The van der Waals surface area contributed by atoms with E-state index in [1.54, 1.807) is 12.1 Å². The zero-order valence-electron chi connectivity index (χ0n) is 10.7. The fourth-order valence-electron chi connectivity index (χ4n) is 2.20. The largest absolute Gasteiger partial charge is 0.385 e. The molecule has 0 amide bonds. The molecule has 1 unspecified atom stereocenters. The summed E-state index contributed by atoms with van der Waals surface area (Å²) in [7, 11) is 0. The molecular weight excluding hydrogens is 307 g/mol. The number of benzene rings is 2. The minimum absolute atomic E-state index is 0.341. The van der Waals surface area contributed by atoms with Gasteiger partial charge in [0.1, 0.15) is 5.82 Å². The number of halogens is 2. The third-order valence-corrected chi connectivity index (χ3v) is 3.85. The van der Waals surface area contributed by atoms with Gasteiger partial charge < -0.3 is 5.11 Å². The fourth-order valence-corrected chi connectivity index (χ4v) is 2.56. The van der Waals surface area contributed by atoms with Crippen LogP contribution in [0.15, 0.2) is 53.0 Å². The first-order valence-electron chi connectivity index (χ1n) is 6.27. The van der Waals surface area contributed by atoms with E-state index in [9.17, 15) is 9.50 Å². The summed E-state index contributed by atoms with van der Waals surface area (Å²) in [6.07, 6.45) is 0.854. The van der Waals surface area contributed by atoms with Crippen LogP contribution in [0.2, 0.25) is 0 Å². The second-order valence-electron chi connectivity index (χ2n) is 4.67. The quantitative estimate of drug-likeness (QED) is 0.882. The van der Waals surface area contributed by atoms with Crippen LogP contribution >= 0.6 is 15.9 Å². The van der Waals surface area contributed by atoms with Crippen molar-refractivity contribution in [2.75, 3.05) is 0 Å². The van der Waals surface area contributed by atoms with Crippen LogP contribution in [-0.4, -0.2) is 5.11 Å². The average Bonchev–Trinajstić information content (AvgIpc) is 2.42. The monoisotopic (exact) mass is 322 g/mol. The predicted octanol–water partition coefficient (Wildman–Crippen LogP) is 4.43. The Morgan fingerprint density at radius 3 is 2.47 bits per heavy atom. The van der Waals surface area contributed by atoms with Crippen molar-refractivity contribution in [1.82, 2.24) is 0 Å². The lowest BCUT2D eigenvalue weighted by molar-refractivity contribution is 0.0291. The van der Waals surface area contributed by atoms with E-state index in [4.69, 9.17) is 0 Å². The van der Waals surface area contributed by atoms with Gasteiger partial charge in [0.25, 0.3) is 0 Å². The molecule has 2 aromatic rings. The van der Waals surface area contributed by atoms with Crippen molar-refractivity contribution in [2.45, 2.75) is 25.4 Å². The molecule has 0 saturated carbocycles. The summed E-state index contributed by atoms with van der Waals surface area (Å²) < 4.78 is 14.7. The highest BCUT2D eigenvalue weighted by Gasteiger charge is 2.30. The van der Waals surface area contributed by atoms with Gasteiger partial charge in [-0.1, -0.05) is 53.2 Å². The second-order valence-corrected chi connectivity index (χ2v) is 5.59. The van der Waals surface area contributed by atoms with Crippen molar-refractivity contribution < 1.29 is 9.50 Å². The Morgan fingerprint density at radius 2 is 1.84 bits per heavy atom. The molecule has 3 heteroatoms. The van der Waals surface area contributed by atoms with E-state index in [2.05, 4.69) is 15.9 Å². The Bertz CT molecular complexity index is 556. The van der Waals surface area contributed by atoms with Gasteiger partial charge in [0.2, 0.25) is 0 Å². The maximum Gasteiger partial charge on any atom is 0.129 e. The third-order valence-electron chi connectivity index (χ3n) is 3.35. The van der Waals surface area contributed by atoms with Gasteiger partial charge in [-0.15, -0.1) is 0 Å². The van der Waals surface area contributed by atoms with Crippen molar-refractivity contribution in [1.29, 1.82) is 0 Å². The molecule has 0 radical (unpaired) electrons. The van der Waals surface area contributed by atoms with Crippen LogP contribution in [0.25, 0.3) is 0 Å². The zero-order valence-corrected chi connectivity index (χ0v) is 12.3. The molecule has 100 valence electrons. The summed E-state index contributed by atoms with van der Waals surface area (Å²) in [4.78, 5) is 0. The molecule has 0 aliphatic heterocycles. The Kier molecular flexibility index (Phi) is 4.38. The number of aliphatic hydroxyl groups is 1. The molecule has 0 aliphatic carbocycles. The number of hydrogen-bond donors (Lipinski definition) is 1. The fraction of sp³-hybridized carbons (Fsp3) is 0.250. The first-order valence-corrected chi connectivity index (χ1v) is 7.06. The molecule has 0 bridgehead atoms. The highest BCUT2D eigenvalue weighted by Crippen LogP contribution is 2.32. The standard InChI is InChI=1S/C16H16BrFO/c1-2-16(19,11-12-6-4-3-5-7-12)14-10-13(17)8-9-15(14)18/h3-10,19H,2,11H2,1H3. The average molecular weight is 323 g/mol. The lowest BCUT2D eigenvalue weighted by Crippen LogP contribution is -2.29. The van der Waals surface area contributed by atoms with Gasteiger partial charge in [-0.05, 0) is 30.2 Å². The van der Waals surface area contributed by atoms with E-state index in [0.29, 0.717) is 18.4 Å². The highest BCUT2D eigenvalue weighted by atomic mass is 79.9. The summed E-state index contributed by atoms with van der Waals surface area (Å²) in [6, 6.07) is 14.3. The van der Waals surface area contributed by atoms with Gasteiger partial charge >= 0.3 is 0 Å². The molecule has 1 nitrogen and oxygen atoms in total. The summed E-state index contributed by atoms with van der Waals surface area (Å²) >= 11 is 3.33. The SMILES string of the molecule is CCC(O)(Cc1ccccc1)c1cc(Br)ccc1F. The van der Waals surface area contributed by atoms with Gasteiger partial charge in [0.15, 0.2) is 0 Å². The second kappa shape index (κ2) is 5.85. The van der Waals surface area contributed by atoms with Crippen LogP contribution in [0.4, 0.5) is 4.39 Å². The molecule has 2 rings (SSSR count). The van der Waals surface area contributed by atoms with E-state index < -0.39 is 5.60 Å². The normalized spacial score (nSPS) is 14.1. The Labute approximate surface area is 121 Å². The first-order chi connectivity index (χ1) is 9.05. The topological polar surface area (TPSA) is 20.2 Å². The van der Waals surface area contributed by atoms with E-state index >= 15 is 0 Å². The molecule has 0 fully saturated rings. The third kappa shape index (κ3) is 3.23. The Balaban J connectivity index is 2.39. The van der Waals surface area contributed by atoms with E-state index in [1.165, 1.54) is 6.07 Å². The minimum atomic E-state index is -1.19. The molecule has 0 aliphatic rings. The smallest absolute Gasteiger partial charge is 0.129 e. The predicted molar refractivity (Wildman–Crippen MR) is 78.4 cm³/mol. The van der Waals surface area contributed by atoms with E-state index in [0.717, 1.165) is 10.0 Å². The van der Waals surface area contributed by atoms with Gasteiger partial charge in [-0.25, -0.2) is 4.39 Å². The van der Waals surface area contributed by atoms with Crippen LogP contribution in [0, 0.1) is 5.82 Å². The first kappa shape index (κ1) is 14.2. The molecule has 0 spiro atoms. The van der Waals surface area contributed by atoms with Crippen LogP contribution in [0.1, 0.15) is 24.5 Å². The molecule has 0 saturated heterocycles. The van der Waals surface area contributed by atoms with Gasteiger partial charge in [0, 0.05) is 16.5 Å².